The van der Waals surface area contributed by atoms with E-state index >= 15 is 0 Å². The minimum absolute atomic E-state index is 0.425. The zero-order chi connectivity index (χ0) is 14.0. The lowest BCUT2D eigenvalue weighted by Crippen LogP contribution is -2.25. The van der Waals surface area contributed by atoms with Crippen LogP contribution in [-0.2, 0) is 0 Å². The first-order chi connectivity index (χ1) is 8.99. The molecule has 0 saturated carbocycles. The molecule has 104 valence electrons. The van der Waals surface area contributed by atoms with Crippen LogP contribution in [0.2, 0.25) is 5.15 Å². The molecule has 0 unspecified atom stereocenters. The van der Waals surface area contributed by atoms with Gasteiger partial charge in [-0.3, -0.25) is 0 Å². The second kappa shape index (κ2) is 5.74. The summed E-state index contributed by atoms with van der Waals surface area (Å²) in [6.45, 7) is 9.87. The summed E-state index contributed by atoms with van der Waals surface area (Å²) in [6.07, 6.45) is 1.48. The van der Waals surface area contributed by atoms with Crippen molar-refractivity contribution >= 4 is 23.2 Å². The quantitative estimate of drug-likeness (QED) is 0.856. The van der Waals surface area contributed by atoms with Crippen molar-refractivity contribution in [3.63, 3.8) is 0 Å². The van der Waals surface area contributed by atoms with Gasteiger partial charge in [0.05, 0.1) is 0 Å². The number of hydrogen-bond acceptors (Lipinski definition) is 4. The van der Waals surface area contributed by atoms with E-state index in [-0.39, 0.29) is 0 Å². The van der Waals surface area contributed by atoms with E-state index in [9.17, 15) is 0 Å². The van der Waals surface area contributed by atoms with Crippen LogP contribution in [0.15, 0.2) is 12.4 Å². The zero-order valence-electron chi connectivity index (χ0n) is 11.8. The van der Waals surface area contributed by atoms with E-state index in [2.05, 4.69) is 48.1 Å². The second-order valence-electron chi connectivity index (χ2n) is 5.47. The molecule has 0 amide bonds. The van der Waals surface area contributed by atoms with E-state index < -0.39 is 0 Å². The van der Waals surface area contributed by atoms with Crippen LogP contribution < -0.4 is 5.32 Å². The molecule has 2 aromatic rings. The lowest BCUT2D eigenvalue weighted by atomic mass is 9.85. The SMILES string of the molecule is CC(C)C(CNc1cc(Cl)nc2ncnn12)C(C)C. The highest BCUT2D eigenvalue weighted by Crippen LogP contribution is 2.22. The molecule has 1 N–H and O–H groups in total. The molecule has 0 saturated heterocycles. The minimum atomic E-state index is 0.425. The predicted octanol–water partition coefficient (Wildman–Crippen LogP) is 3.12. The molecule has 0 aliphatic rings. The topological polar surface area (TPSA) is 55.1 Å². The Bertz CT molecular complexity index is 541. The van der Waals surface area contributed by atoms with Crippen LogP contribution in [0.5, 0.6) is 0 Å². The van der Waals surface area contributed by atoms with Crippen LogP contribution in [-0.4, -0.2) is 26.1 Å². The largest absolute Gasteiger partial charge is 0.370 e. The van der Waals surface area contributed by atoms with E-state index in [4.69, 9.17) is 11.6 Å². The summed E-state index contributed by atoms with van der Waals surface area (Å²) in [4.78, 5) is 8.16. The number of halogens is 1. The molecule has 5 nitrogen and oxygen atoms in total. The lowest BCUT2D eigenvalue weighted by molar-refractivity contribution is 0.304. The number of rotatable bonds is 5. The van der Waals surface area contributed by atoms with E-state index in [1.165, 1.54) is 6.33 Å². The molecule has 0 bridgehead atoms. The van der Waals surface area contributed by atoms with Gasteiger partial charge in [0.15, 0.2) is 0 Å². The Morgan fingerprint density at radius 1 is 1.26 bits per heavy atom. The third kappa shape index (κ3) is 3.15. The molecule has 19 heavy (non-hydrogen) atoms. The maximum absolute atomic E-state index is 5.99. The first-order valence-electron chi connectivity index (χ1n) is 6.59. The highest BCUT2D eigenvalue weighted by molar-refractivity contribution is 6.29. The number of hydrogen-bond donors (Lipinski definition) is 1. The molecule has 2 heterocycles. The van der Waals surface area contributed by atoms with Crippen LogP contribution >= 0.6 is 11.6 Å². The van der Waals surface area contributed by atoms with Gasteiger partial charge in [0.25, 0.3) is 5.78 Å². The van der Waals surface area contributed by atoms with Gasteiger partial charge in [0, 0.05) is 12.6 Å². The van der Waals surface area contributed by atoms with Crippen LogP contribution in [0.3, 0.4) is 0 Å². The third-order valence-electron chi connectivity index (χ3n) is 3.45. The first kappa shape index (κ1) is 14.1. The van der Waals surface area contributed by atoms with Gasteiger partial charge in [-0.1, -0.05) is 39.3 Å². The van der Waals surface area contributed by atoms with Crippen molar-refractivity contribution in [3.8, 4) is 0 Å². The summed E-state index contributed by atoms with van der Waals surface area (Å²) in [7, 11) is 0. The first-order valence-corrected chi connectivity index (χ1v) is 6.97. The Hall–Kier alpha value is -1.36. The van der Waals surface area contributed by atoms with Gasteiger partial charge in [-0.15, -0.1) is 0 Å². The average molecular weight is 282 g/mol. The normalized spacial score (nSPS) is 12.0. The smallest absolute Gasteiger partial charge is 0.255 e. The van der Waals surface area contributed by atoms with Gasteiger partial charge in [0.2, 0.25) is 0 Å². The van der Waals surface area contributed by atoms with Crippen molar-refractivity contribution in [2.75, 3.05) is 11.9 Å². The summed E-state index contributed by atoms with van der Waals surface area (Å²) in [5, 5.41) is 7.99. The molecule has 0 atom stereocenters. The van der Waals surface area contributed by atoms with Crippen molar-refractivity contribution < 1.29 is 0 Å². The Balaban J connectivity index is 2.19. The maximum Gasteiger partial charge on any atom is 0.255 e. The Labute approximate surface area is 118 Å². The van der Waals surface area contributed by atoms with Crippen LogP contribution in [0.25, 0.3) is 5.78 Å². The van der Waals surface area contributed by atoms with Gasteiger partial charge in [-0.2, -0.15) is 19.6 Å². The van der Waals surface area contributed by atoms with E-state index in [1.54, 1.807) is 10.6 Å². The molecular formula is C13H20ClN5. The monoisotopic (exact) mass is 281 g/mol. The van der Waals surface area contributed by atoms with Crippen molar-refractivity contribution in [1.82, 2.24) is 19.6 Å². The van der Waals surface area contributed by atoms with Crippen molar-refractivity contribution in [2.45, 2.75) is 27.7 Å². The van der Waals surface area contributed by atoms with Crippen LogP contribution in [0.4, 0.5) is 5.82 Å². The van der Waals surface area contributed by atoms with Gasteiger partial charge in [-0.05, 0) is 17.8 Å². The summed E-state index contributed by atoms with van der Waals surface area (Å²) in [5.41, 5.74) is 0. The molecule has 0 fully saturated rings. The number of anilines is 1. The number of nitrogens with one attached hydrogen (secondary N) is 1. The summed E-state index contributed by atoms with van der Waals surface area (Å²) in [5.74, 6) is 3.18. The molecule has 2 aromatic heterocycles. The van der Waals surface area contributed by atoms with Crippen molar-refractivity contribution in [2.24, 2.45) is 17.8 Å². The average Bonchev–Trinajstić information content (AvgIpc) is 2.75. The standard InChI is InChI=1S/C13H20ClN5/c1-8(2)10(9(3)4)6-15-12-5-11(14)18-13-16-7-17-19(12)13/h5,7-10,15H,6H2,1-4H3. The molecule has 6 heteroatoms. The van der Waals surface area contributed by atoms with E-state index in [1.807, 2.05) is 0 Å². The van der Waals surface area contributed by atoms with Gasteiger partial charge in [-0.25, -0.2) is 0 Å². The molecule has 0 aliphatic carbocycles. The van der Waals surface area contributed by atoms with E-state index in [0.29, 0.717) is 28.7 Å². The number of nitrogens with zero attached hydrogens (tertiary/aromatic N) is 4. The lowest BCUT2D eigenvalue weighted by Gasteiger charge is -2.25. The number of aromatic nitrogens is 4. The summed E-state index contributed by atoms with van der Waals surface area (Å²) >= 11 is 5.99. The highest BCUT2D eigenvalue weighted by atomic mass is 35.5. The molecule has 0 aromatic carbocycles. The zero-order valence-corrected chi connectivity index (χ0v) is 12.5. The molecular weight excluding hydrogens is 262 g/mol. The Morgan fingerprint density at radius 3 is 2.58 bits per heavy atom. The fraction of sp³-hybridized carbons (Fsp3) is 0.615. The molecule has 0 radical (unpaired) electrons. The van der Waals surface area contributed by atoms with Crippen LogP contribution in [0, 0.1) is 17.8 Å². The van der Waals surface area contributed by atoms with Gasteiger partial charge >= 0.3 is 0 Å². The van der Waals surface area contributed by atoms with Gasteiger partial charge in [0.1, 0.15) is 17.3 Å². The molecule has 0 spiro atoms. The fourth-order valence-electron chi connectivity index (χ4n) is 2.37. The Kier molecular flexibility index (Phi) is 4.24. The minimum Gasteiger partial charge on any atom is -0.370 e. The summed E-state index contributed by atoms with van der Waals surface area (Å²) in [6, 6.07) is 1.78. The third-order valence-corrected chi connectivity index (χ3v) is 3.65. The summed E-state index contributed by atoms with van der Waals surface area (Å²) < 4.78 is 1.67. The Morgan fingerprint density at radius 2 is 1.95 bits per heavy atom. The predicted molar refractivity (Wildman–Crippen MR) is 77.4 cm³/mol. The second-order valence-corrected chi connectivity index (χ2v) is 5.86. The van der Waals surface area contributed by atoms with Crippen molar-refractivity contribution in [1.29, 1.82) is 0 Å². The molecule has 0 aliphatic heterocycles. The van der Waals surface area contributed by atoms with Gasteiger partial charge < -0.3 is 5.32 Å². The molecule has 2 rings (SSSR count). The fourth-order valence-corrected chi connectivity index (χ4v) is 2.55. The van der Waals surface area contributed by atoms with Crippen molar-refractivity contribution in [3.05, 3.63) is 17.5 Å². The highest BCUT2D eigenvalue weighted by Gasteiger charge is 2.18. The van der Waals surface area contributed by atoms with E-state index in [0.717, 1.165) is 12.4 Å². The maximum atomic E-state index is 5.99. The number of fused-ring (bicyclic) bond motifs is 1. The van der Waals surface area contributed by atoms with Crippen LogP contribution in [0.1, 0.15) is 27.7 Å².